The lowest BCUT2D eigenvalue weighted by Gasteiger charge is -2.26. The number of rotatable bonds is 4. The second kappa shape index (κ2) is 7.09. The zero-order chi connectivity index (χ0) is 19.8. The van der Waals surface area contributed by atoms with Gasteiger partial charge in [-0.05, 0) is 29.3 Å². The molecular weight excluding hydrogens is 368 g/mol. The molecule has 0 spiro atoms. The lowest BCUT2D eigenvalue weighted by molar-refractivity contribution is 0.174. The van der Waals surface area contributed by atoms with E-state index in [2.05, 4.69) is 18.2 Å². The van der Waals surface area contributed by atoms with Crippen molar-refractivity contribution in [2.45, 2.75) is 0 Å². The van der Waals surface area contributed by atoms with Crippen molar-refractivity contribution in [1.29, 1.82) is 0 Å². The Kier molecular flexibility index (Phi) is 4.28. The standard InChI is InChI=1S/C24H20O5/c1-25-21-11-17-20(12-22(21)26-2)27-13-18(15-6-4-3-5-7-15)24(17)16-8-9-19-23(10-16)29-14-28-19/h3-12H,13-14H2,1-2H3. The molecule has 5 nitrogen and oxygen atoms in total. The Labute approximate surface area is 169 Å². The Morgan fingerprint density at radius 3 is 2.24 bits per heavy atom. The van der Waals surface area contributed by atoms with Gasteiger partial charge in [0.2, 0.25) is 6.79 Å². The molecule has 2 aliphatic heterocycles. The molecule has 3 aromatic rings. The molecule has 0 saturated heterocycles. The smallest absolute Gasteiger partial charge is 0.231 e. The van der Waals surface area contributed by atoms with Crippen molar-refractivity contribution < 1.29 is 23.7 Å². The van der Waals surface area contributed by atoms with Gasteiger partial charge in [0.05, 0.1) is 14.2 Å². The average Bonchev–Trinajstić information content (AvgIpc) is 3.25. The van der Waals surface area contributed by atoms with Crippen LogP contribution in [0.4, 0.5) is 0 Å². The van der Waals surface area contributed by atoms with Crippen molar-refractivity contribution in [2.24, 2.45) is 0 Å². The molecule has 0 bridgehead atoms. The average molecular weight is 388 g/mol. The molecule has 0 aromatic heterocycles. The Hall–Kier alpha value is -3.60. The van der Waals surface area contributed by atoms with Gasteiger partial charge in [0.25, 0.3) is 0 Å². The normalized spacial score (nSPS) is 14.3. The fourth-order valence-corrected chi connectivity index (χ4v) is 3.81. The molecule has 0 fully saturated rings. The summed E-state index contributed by atoms with van der Waals surface area (Å²) in [5.41, 5.74) is 5.28. The molecule has 29 heavy (non-hydrogen) atoms. The Morgan fingerprint density at radius 1 is 0.690 bits per heavy atom. The maximum Gasteiger partial charge on any atom is 0.231 e. The van der Waals surface area contributed by atoms with Crippen molar-refractivity contribution in [3.63, 3.8) is 0 Å². The maximum atomic E-state index is 6.13. The molecule has 0 saturated carbocycles. The van der Waals surface area contributed by atoms with Crippen molar-refractivity contribution in [2.75, 3.05) is 27.6 Å². The van der Waals surface area contributed by atoms with Crippen LogP contribution in [0.3, 0.4) is 0 Å². The van der Waals surface area contributed by atoms with Gasteiger partial charge in [-0.3, -0.25) is 0 Å². The van der Waals surface area contributed by atoms with E-state index < -0.39 is 0 Å². The molecule has 3 aromatic carbocycles. The predicted octanol–water partition coefficient (Wildman–Crippen LogP) is 4.78. The van der Waals surface area contributed by atoms with Crippen molar-refractivity contribution in [3.05, 3.63) is 77.4 Å². The third-order valence-electron chi connectivity index (χ3n) is 5.21. The maximum absolute atomic E-state index is 6.13. The van der Waals surface area contributed by atoms with Crippen LogP contribution in [-0.2, 0) is 0 Å². The molecule has 5 heteroatoms. The van der Waals surface area contributed by atoms with Crippen molar-refractivity contribution in [1.82, 2.24) is 0 Å². The first-order chi connectivity index (χ1) is 14.3. The first kappa shape index (κ1) is 17.5. The minimum absolute atomic E-state index is 0.244. The van der Waals surface area contributed by atoms with E-state index in [9.17, 15) is 0 Å². The van der Waals surface area contributed by atoms with Gasteiger partial charge in [-0.1, -0.05) is 36.4 Å². The van der Waals surface area contributed by atoms with Gasteiger partial charge in [-0.2, -0.15) is 0 Å². The summed E-state index contributed by atoms with van der Waals surface area (Å²) in [5, 5.41) is 0. The van der Waals surface area contributed by atoms with Crippen LogP contribution in [0.25, 0.3) is 11.1 Å². The number of hydrogen-bond acceptors (Lipinski definition) is 5. The number of benzene rings is 3. The predicted molar refractivity (Wildman–Crippen MR) is 110 cm³/mol. The van der Waals surface area contributed by atoms with Crippen LogP contribution in [0.5, 0.6) is 28.7 Å². The summed E-state index contributed by atoms with van der Waals surface area (Å²) in [7, 11) is 3.26. The van der Waals surface area contributed by atoms with Gasteiger partial charge in [0.1, 0.15) is 12.4 Å². The number of fused-ring (bicyclic) bond motifs is 2. The lowest BCUT2D eigenvalue weighted by atomic mass is 9.87. The first-order valence-electron chi connectivity index (χ1n) is 9.36. The fourth-order valence-electron chi connectivity index (χ4n) is 3.81. The van der Waals surface area contributed by atoms with E-state index in [1.165, 1.54) is 0 Å². The highest BCUT2D eigenvalue weighted by atomic mass is 16.7. The first-order valence-corrected chi connectivity index (χ1v) is 9.36. The second-order valence-corrected chi connectivity index (χ2v) is 6.78. The van der Waals surface area contributed by atoms with Crippen LogP contribution in [-0.4, -0.2) is 27.6 Å². The van der Waals surface area contributed by atoms with E-state index in [4.69, 9.17) is 23.7 Å². The van der Waals surface area contributed by atoms with E-state index in [1.807, 2.05) is 42.5 Å². The van der Waals surface area contributed by atoms with Crippen LogP contribution >= 0.6 is 0 Å². The van der Waals surface area contributed by atoms with E-state index in [0.29, 0.717) is 18.1 Å². The molecule has 146 valence electrons. The number of hydrogen-bond donors (Lipinski definition) is 0. The van der Waals surface area contributed by atoms with E-state index in [-0.39, 0.29) is 6.79 Å². The van der Waals surface area contributed by atoms with Gasteiger partial charge in [0.15, 0.2) is 23.0 Å². The third-order valence-corrected chi connectivity index (χ3v) is 5.21. The highest BCUT2D eigenvalue weighted by molar-refractivity contribution is 6.02. The molecule has 0 unspecified atom stereocenters. The summed E-state index contributed by atoms with van der Waals surface area (Å²) in [5.74, 6) is 3.56. The molecule has 2 heterocycles. The summed E-state index contributed by atoms with van der Waals surface area (Å²) in [6, 6.07) is 20.1. The van der Waals surface area contributed by atoms with Gasteiger partial charge in [-0.15, -0.1) is 0 Å². The van der Waals surface area contributed by atoms with Gasteiger partial charge in [0, 0.05) is 22.8 Å². The second-order valence-electron chi connectivity index (χ2n) is 6.78. The molecule has 0 amide bonds. The summed E-state index contributed by atoms with van der Waals surface area (Å²) >= 11 is 0. The topological polar surface area (TPSA) is 46.2 Å². The van der Waals surface area contributed by atoms with Gasteiger partial charge < -0.3 is 23.7 Å². The summed E-state index contributed by atoms with van der Waals surface area (Å²) in [4.78, 5) is 0. The van der Waals surface area contributed by atoms with E-state index >= 15 is 0 Å². The molecular formula is C24H20O5. The van der Waals surface area contributed by atoms with Crippen molar-refractivity contribution >= 4 is 11.1 Å². The Balaban J connectivity index is 1.77. The quantitative estimate of drug-likeness (QED) is 0.643. The van der Waals surface area contributed by atoms with Crippen LogP contribution in [0.1, 0.15) is 16.7 Å². The minimum atomic E-state index is 0.244. The van der Waals surface area contributed by atoms with Crippen molar-refractivity contribution in [3.8, 4) is 28.7 Å². The minimum Gasteiger partial charge on any atom is -0.493 e. The Bertz CT molecular complexity index is 1100. The van der Waals surface area contributed by atoms with E-state index in [0.717, 1.165) is 45.1 Å². The summed E-state index contributed by atoms with van der Waals surface area (Å²) < 4.78 is 28.2. The Morgan fingerprint density at radius 2 is 1.45 bits per heavy atom. The molecule has 0 aliphatic carbocycles. The van der Waals surface area contributed by atoms with E-state index in [1.54, 1.807) is 14.2 Å². The zero-order valence-electron chi connectivity index (χ0n) is 16.2. The SMILES string of the molecule is COc1cc2c(cc1OC)C(c1ccc3c(c1)OCO3)=C(c1ccccc1)CO2. The van der Waals surface area contributed by atoms with Gasteiger partial charge in [-0.25, -0.2) is 0 Å². The molecule has 5 rings (SSSR count). The monoisotopic (exact) mass is 388 g/mol. The molecule has 0 atom stereocenters. The highest BCUT2D eigenvalue weighted by Gasteiger charge is 2.26. The summed E-state index contributed by atoms with van der Waals surface area (Å²) in [6.45, 7) is 0.699. The molecule has 0 N–H and O–H groups in total. The van der Waals surface area contributed by atoms with Crippen LogP contribution < -0.4 is 23.7 Å². The number of methoxy groups -OCH3 is 2. The van der Waals surface area contributed by atoms with Crippen LogP contribution in [0.2, 0.25) is 0 Å². The third kappa shape index (κ3) is 2.95. The fraction of sp³-hybridized carbons (Fsp3) is 0.167. The van der Waals surface area contributed by atoms with Gasteiger partial charge >= 0.3 is 0 Å². The molecule has 0 radical (unpaired) electrons. The lowest BCUT2D eigenvalue weighted by Crippen LogP contribution is -2.12. The molecule has 2 aliphatic rings. The highest BCUT2D eigenvalue weighted by Crippen LogP contribution is 2.47. The zero-order valence-corrected chi connectivity index (χ0v) is 16.2. The largest absolute Gasteiger partial charge is 0.493 e. The number of ether oxygens (including phenoxy) is 5. The van der Waals surface area contributed by atoms with Crippen LogP contribution in [0, 0.1) is 0 Å². The van der Waals surface area contributed by atoms with Crippen LogP contribution in [0.15, 0.2) is 60.7 Å². The summed E-state index contributed by atoms with van der Waals surface area (Å²) in [6.07, 6.45) is 0.